The minimum absolute atomic E-state index is 0.424. The van der Waals surface area contributed by atoms with Gasteiger partial charge in [0.15, 0.2) is 11.5 Å². The summed E-state index contributed by atoms with van der Waals surface area (Å²) in [6.45, 7) is 6.27. The van der Waals surface area contributed by atoms with Gasteiger partial charge in [0.1, 0.15) is 0 Å². The van der Waals surface area contributed by atoms with Gasteiger partial charge in [-0.1, -0.05) is 0 Å². The minimum Gasteiger partial charge on any atom is -0.350 e. The van der Waals surface area contributed by atoms with Gasteiger partial charge in [-0.25, -0.2) is 0 Å². The number of piperazine rings is 1. The third-order valence-corrected chi connectivity index (χ3v) is 3.11. The molecule has 7 heteroatoms. The van der Waals surface area contributed by atoms with E-state index in [0.717, 1.165) is 18.9 Å². The van der Waals surface area contributed by atoms with Crippen LogP contribution in [0.4, 0.5) is 5.82 Å². The van der Waals surface area contributed by atoms with E-state index in [9.17, 15) is 0 Å². The molecule has 0 amide bonds. The zero-order valence-electron chi connectivity index (χ0n) is 9.91. The second kappa shape index (κ2) is 3.92. The fraction of sp³-hybridized carbons (Fsp3) is 0.600. The first-order valence-electron chi connectivity index (χ1n) is 5.79. The van der Waals surface area contributed by atoms with Gasteiger partial charge in [-0.15, -0.1) is 14.8 Å². The largest absolute Gasteiger partial charge is 0.350 e. The van der Waals surface area contributed by atoms with Crippen LogP contribution in [0, 0.1) is 0 Å². The molecule has 1 fully saturated rings. The molecule has 1 N–H and O–H groups in total. The second-order valence-electron chi connectivity index (χ2n) is 4.53. The van der Waals surface area contributed by atoms with E-state index < -0.39 is 0 Å². The smallest absolute Gasteiger partial charge is 0.200 e. The Morgan fingerprint density at radius 3 is 3.12 bits per heavy atom. The summed E-state index contributed by atoms with van der Waals surface area (Å²) in [5.41, 5.74) is 0.671. The van der Waals surface area contributed by atoms with Crippen molar-refractivity contribution in [3.05, 3.63) is 12.1 Å². The Morgan fingerprint density at radius 1 is 1.35 bits per heavy atom. The molecule has 2 aromatic heterocycles. The molecule has 2 atom stereocenters. The zero-order valence-corrected chi connectivity index (χ0v) is 9.91. The molecule has 2 unspecified atom stereocenters. The van der Waals surface area contributed by atoms with Crippen molar-refractivity contribution in [2.24, 2.45) is 0 Å². The summed E-state index contributed by atoms with van der Waals surface area (Å²) < 4.78 is 1.47. The van der Waals surface area contributed by atoms with E-state index in [1.807, 2.05) is 12.1 Å². The summed E-state index contributed by atoms with van der Waals surface area (Å²) >= 11 is 0. The lowest BCUT2D eigenvalue weighted by Crippen LogP contribution is -2.54. The van der Waals surface area contributed by atoms with E-state index in [1.165, 1.54) is 4.63 Å². The van der Waals surface area contributed by atoms with Crippen molar-refractivity contribution in [1.29, 1.82) is 0 Å². The van der Waals surface area contributed by atoms with Crippen molar-refractivity contribution in [1.82, 2.24) is 30.6 Å². The normalized spacial score (nSPS) is 25.4. The van der Waals surface area contributed by atoms with Crippen LogP contribution >= 0.6 is 0 Å². The first-order valence-corrected chi connectivity index (χ1v) is 5.79. The van der Waals surface area contributed by atoms with Gasteiger partial charge in [0.05, 0.1) is 0 Å². The summed E-state index contributed by atoms with van der Waals surface area (Å²) in [4.78, 5) is 2.28. The van der Waals surface area contributed by atoms with Crippen LogP contribution in [0.15, 0.2) is 12.1 Å². The highest BCUT2D eigenvalue weighted by molar-refractivity contribution is 5.45. The van der Waals surface area contributed by atoms with Crippen LogP contribution in [-0.2, 0) is 0 Å². The standard InChI is InChI=1S/C10H15N7/c1-7-6-16(8(2)5-11-7)10-4-3-9-12-14-15-17(9)13-10/h3-4,7-8,11H,5-6H2,1-2H3. The van der Waals surface area contributed by atoms with Crippen molar-refractivity contribution in [2.75, 3.05) is 18.0 Å². The molecule has 90 valence electrons. The second-order valence-corrected chi connectivity index (χ2v) is 4.53. The average molecular weight is 233 g/mol. The topological polar surface area (TPSA) is 71.2 Å². The molecule has 0 bridgehead atoms. The van der Waals surface area contributed by atoms with Gasteiger partial charge in [0.2, 0.25) is 0 Å². The Morgan fingerprint density at radius 2 is 2.24 bits per heavy atom. The van der Waals surface area contributed by atoms with Crippen LogP contribution in [0.3, 0.4) is 0 Å². The van der Waals surface area contributed by atoms with E-state index in [0.29, 0.717) is 17.7 Å². The maximum absolute atomic E-state index is 4.42. The molecule has 0 spiro atoms. The molecule has 7 nitrogen and oxygen atoms in total. The quantitative estimate of drug-likeness (QED) is 0.729. The van der Waals surface area contributed by atoms with E-state index >= 15 is 0 Å². The van der Waals surface area contributed by atoms with Gasteiger partial charge in [-0.2, -0.15) is 0 Å². The highest BCUT2D eigenvalue weighted by Crippen LogP contribution is 2.16. The highest BCUT2D eigenvalue weighted by atomic mass is 15.6. The lowest BCUT2D eigenvalue weighted by atomic mass is 10.1. The monoisotopic (exact) mass is 233 g/mol. The van der Waals surface area contributed by atoms with Crippen molar-refractivity contribution in [3.63, 3.8) is 0 Å². The number of nitrogens with zero attached hydrogens (tertiary/aromatic N) is 6. The molecule has 3 heterocycles. The maximum Gasteiger partial charge on any atom is 0.200 e. The summed E-state index contributed by atoms with van der Waals surface area (Å²) in [5, 5.41) is 19.1. The molecule has 1 aliphatic heterocycles. The predicted molar refractivity (Wildman–Crippen MR) is 62.8 cm³/mol. The molecule has 0 radical (unpaired) electrons. The van der Waals surface area contributed by atoms with Crippen molar-refractivity contribution in [2.45, 2.75) is 25.9 Å². The minimum atomic E-state index is 0.424. The Balaban J connectivity index is 1.95. The first kappa shape index (κ1) is 10.4. The molecule has 0 aromatic carbocycles. The lowest BCUT2D eigenvalue weighted by Gasteiger charge is -2.38. The van der Waals surface area contributed by atoms with Crippen molar-refractivity contribution >= 4 is 11.5 Å². The van der Waals surface area contributed by atoms with Gasteiger partial charge < -0.3 is 10.2 Å². The lowest BCUT2D eigenvalue weighted by molar-refractivity contribution is 0.420. The number of aromatic nitrogens is 5. The molecule has 1 saturated heterocycles. The molecular weight excluding hydrogens is 218 g/mol. The van der Waals surface area contributed by atoms with Crippen molar-refractivity contribution in [3.8, 4) is 0 Å². The molecule has 1 aliphatic rings. The Kier molecular flexibility index (Phi) is 2.40. The fourth-order valence-corrected chi connectivity index (χ4v) is 2.13. The predicted octanol–water partition coefficient (Wildman–Crippen LogP) is -0.294. The average Bonchev–Trinajstić information content (AvgIpc) is 2.79. The van der Waals surface area contributed by atoms with Crippen LogP contribution in [0.5, 0.6) is 0 Å². The zero-order chi connectivity index (χ0) is 11.8. The maximum atomic E-state index is 4.42. The number of rotatable bonds is 1. The Labute approximate surface area is 98.8 Å². The van der Waals surface area contributed by atoms with Crippen LogP contribution in [0.25, 0.3) is 5.65 Å². The van der Waals surface area contributed by atoms with E-state index in [1.54, 1.807) is 0 Å². The number of hydrogen-bond acceptors (Lipinski definition) is 6. The van der Waals surface area contributed by atoms with E-state index in [2.05, 4.69) is 44.7 Å². The first-order chi connectivity index (χ1) is 8.24. The third kappa shape index (κ3) is 1.82. The van der Waals surface area contributed by atoms with Gasteiger partial charge in [-0.3, -0.25) is 0 Å². The van der Waals surface area contributed by atoms with Crippen LogP contribution in [-0.4, -0.2) is 50.4 Å². The molecular formula is C10H15N7. The van der Waals surface area contributed by atoms with Crippen LogP contribution in [0.2, 0.25) is 0 Å². The molecule has 0 saturated carbocycles. The molecule has 2 aromatic rings. The third-order valence-electron chi connectivity index (χ3n) is 3.11. The van der Waals surface area contributed by atoms with Crippen LogP contribution in [0.1, 0.15) is 13.8 Å². The van der Waals surface area contributed by atoms with E-state index in [4.69, 9.17) is 0 Å². The SMILES string of the molecule is CC1CN(c2ccc3nnnn3n2)C(C)CN1. The number of fused-ring (bicyclic) bond motifs is 1. The number of hydrogen-bond donors (Lipinski definition) is 1. The van der Waals surface area contributed by atoms with Gasteiger partial charge in [0, 0.05) is 25.2 Å². The van der Waals surface area contributed by atoms with Crippen molar-refractivity contribution < 1.29 is 0 Å². The Hall–Kier alpha value is -1.76. The Bertz CT molecular complexity index is 522. The number of tetrazole rings is 1. The van der Waals surface area contributed by atoms with E-state index in [-0.39, 0.29) is 0 Å². The highest BCUT2D eigenvalue weighted by Gasteiger charge is 2.23. The van der Waals surface area contributed by atoms with Gasteiger partial charge in [0.25, 0.3) is 0 Å². The summed E-state index contributed by atoms with van der Waals surface area (Å²) in [5.74, 6) is 0.922. The van der Waals surface area contributed by atoms with Gasteiger partial charge >= 0.3 is 0 Å². The van der Waals surface area contributed by atoms with Crippen LogP contribution < -0.4 is 10.2 Å². The van der Waals surface area contributed by atoms with Gasteiger partial charge in [-0.05, 0) is 36.4 Å². The fourth-order valence-electron chi connectivity index (χ4n) is 2.13. The summed E-state index contributed by atoms with van der Waals surface area (Å²) in [6.07, 6.45) is 0. The summed E-state index contributed by atoms with van der Waals surface area (Å²) in [6, 6.07) is 4.76. The number of anilines is 1. The molecule has 17 heavy (non-hydrogen) atoms. The molecule has 0 aliphatic carbocycles. The number of nitrogens with one attached hydrogen (secondary N) is 1. The molecule has 3 rings (SSSR count). The summed E-state index contributed by atoms with van der Waals surface area (Å²) in [7, 11) is 0.